The highest BCUT2D eigenvalue weighted by atomic mass is 16.3. The van der Waals surface area contributed by atoms with E-state index in [1.807, 2.05) is 39.0 Å². The van der Waals surface area contributed by atoms with Gasteiger partial charge in [0.2, 0.25) is 0 Å². The van der Waals surface area contributed by atoms with E-state index in [1.165, 1.54) is 0 Å². The summed E-state index contributed by atoms with van der Waals surface area (Å²) < 4.78 is 0. The molecule has 0 bridgehead atoms. The van der Waals surface area contributed by atoms with Gasteiger partial charge in [-0.1, -0.05) is 31.5 Å². The zero-order valence-corrected chi connectivity index (χ0v) is 11.7. The van der Waals surface area contributed by atoms with Crippen LogP contribution < -0.4 is 5.32 Å². The second-order valence-electron chi connectivity index (χ2n) is 5.20. The van der Waals surface area contributed by atoms with Crippen molar-refractivity contribution < 1.29 is 9.90 Å². The van der Waals surface area contributed by atoms with E-state index in [-0.39, 0.29) is 12.5 Å². The molecule has 0 saturated heterocycles. The molecule has 1 aromatic rings. The molecule has 0 saturated carbocycles. The molecule has 1 aromatic carbocycles. The SMILES string of the molecule is CCCC(C)(O)CNC(=O)c1c(C)cccc1C. The first kappa shape index (κ1) is 14.7. The summed E-state index contributed by atoms with van der Waals surface area (Å²) in [5.41, 5.74) is 1.80. The number of benzene rings is 1. The topological polar surface area (TPSA) is 49.3 Å². The van der Waals surface area contributed by atoms with Crippen LogP contribution >= 0.6 is 0 Å². The van der Waals surface area contributed by atoms with Crippen LogP contribution in [0.5, 0.6) is 0 Å². The van der Waals surface area contributed by atoms with Crippen LogP contribution in [0.2, 0.25) is 0 Å². The molecule has 1 amide bonds. The molecule has 0 aliphatic rings. The Balaban J connectivity index is 2.72. The summed E-state index contributed by atoms with van der Waals surface area (Å²) in [5, 5.41) is 12.9. The Morgan fingerprint density at radius 2 is 1.89 bits per heavy atom. The lowest BCUT2D eigenvalue weighted by Gasteiger charge is -2.23. The van der Waals surface area contributed by atoms with E-state index < -0.39 is 5.60 Å². The summed E-state index contributed by atoms with van der Waals surface area (Å²) in [6.45, 7) is 7.90. The highest BCUT2D eigenvalue weighted by Crippen LogP contribution is 2.14. The standard InChI is InChI=1S/C15H23NO2/c1-5-9-15(4,18)10-16-14(17)13-11(2)7-6-8-12(13)3/h6-8,18H,5,9-10H2,1-4H3,(H,16,17). The molecule has 100 valence electrons. The van der Waals surface area contributed by atoms with Crippen LogP contribution in [-0.4, -0.2) is 23.2 Å². The molecule has 0 aliphatic carbocycles. The van der Waals surface area contributed by atoms with E-state index in [2.05, 4.69) is 5.32 Å². The number of nitrogens with one attached hydrogen (secondary N) is 1. The quantitative estimate of drug-likeness (QED) is 0.842. The maximum atomic E-state index is 12.1. The van der Waals surface area contributed by atoms with E-state index in [0.717, 1.165) is 17.5 Å². The third-order valence-corrected chi connectivity index (χ3v) is 3.13. The van der Waals surface area contributed by atoms with E-state index in [1.54, 1.807) is 6.92 Å². The Morgan fingerprint density at radius 1 is 1.33 bits per heavy atom. The molecular weight excluding hydrogens is 226 g/mol. The smallest absolute Gasteiger partial charge is 0.251 e. The fraction of sp³-hybridized carbons (Fsp3) is 0.533. The number of carbonyl (C=O) groups excluding carboxylic acids is 1. The van der Waals surface area contributed by atoms with Crippen LogP contribution in [-0.2, 0) is 0 Å². The number of aryl methyl sites for hydroxylation is 2. The average molecular weight is 249 g/mol. The Hall–Kier alpha value is -1.35. The number of rotatable bonds is 5. The maximum Gasteiger partial charge on any atom is 0.251 e. The third kappa shape index (κ3) is 3.84. The van der Waals surface area contributed by atoms with Gasteiger partial charge in [-0.3, -0.25) is 4.79 Å². The van der Waals surface area contributed by atoms with Crippen molar-refractivity contribution in [3.63, 3.8) is 0 Å². The Bertz CT molecular complexity index is 404. The number of hydrogen-bond donors (Lipinski definition) is 2. The van der Waals surface area contributed by atoms with Gasteiger partial charge in [0, 0.05) is 12.1 Å². The first-order valence-corrected chi connectivity index (χ1v) is 6.44. The molecule has 0 fully saturated rings. The van der Waals surface area contributed by atoms with Crippen molar-refractivity contribution in [1.29, 1.82) is 0 Å². The van der Waals surface area contributed by atoms with Crippen molar-refractivity contribution in [2.45, 2.75) is 46.1 Å². The van der Waals surface area contributed by atoms with Gasteiger partial charge in [-0.15, -0.1) is 0 Å². The van der Waals surface area contributed by atoms with E-state index >= 15 is 0 Å². The fourth-order valence-electron chi connectivity index (χ4n) is 2.16. The predicted molar refractivity (Wildman–Crippen MR) is 73.8 cm³/mol. The second-order valence-corrected chi connectivity index (χ2v) is 5.20. The fourth-order valence-corrected chi connectivity index (χ4v) is 2.16. The lowest BCUT2D eigenvalue weighted by atomic mass is 9.99. The van der Waals surface area contributed by atoms with Crippen LogP contribution in [0.3, 0.4) is 0 Å². The average Bonchev–Trinajstić information content (AvgIpc) is 2.26. The van der Waals surface area contributed by atoms with Gasteiger partial charge < -0.3 is 10.4 Å². The van der Waals surface area contributed by atoms with Crippen LogP contribution in [0.1, 0.15) is 48.2 Å². The molecule has 2 N–H and O–H groups in total. The zero-order chi connectivity index (χ0) is 13.8. The minimum absolute atomic E-state index is 0.109. The molecule has 3 nitrogen and oxygen atoms in total. The predicted octanol–water partition coefficient (Wildman–Crippen LogP) is 2.58. The van der Waals surface area contributed by atoms with Crippen LogP contribution in [0.25, 0.3) is 0 Å². The molecule has 18 heavy (non-hydrogen) atoms. The number of aliphatic hydroxyl groups is 1. The van der Waals surface area contributed by atoms with Gasteiger partial charge in [-0.05, 0) is 38.3 Å². The summed E-state index contributed by atoms with van der Waals surface area (Å²) in [6, 6.07) is 5.78. The molecule has 0 radical (unpaired) electrons. The largest absolute Gasteiger partial charge is 0.388 e. The van der Waals surface area contributed by atoms with Gasteiger partial charge in [0.1, 0.15) is 0 Å². The summed E-state index contributed by atoms with van der Waals surface area (Å²) in [7, 11) is 0. The molecule has 0 aliphatic heterocycles. The Labute approximate surface area is 109 Å². The number of amides is 1. The number of carbonyl (C=O) groups is 1. The third-order valence-electron chi connectivity index (χ3n) is 3.13. The highest BCUT2D eigenvalue weighted by Gasteiger charge is 2.21. The minimum Gasteiger partial charge on any atom is -0.388 e. The van der Waals surface area contributed by atoms with E-state index in [9.17, 15) is 9.90 Å². The van der Waals surface area contributed by atoms with Crippen molar-refractivity contribution in [3.05, 3.63) is 34.9 Å². The molecule has 3 heteroatoms. The van der Waals surface area contributed by atoms with Crippen molar-refractivity contribution in [1.82, 2.24) is 5.32 Å². The minimum atomic E-state index is -0.832. The maximum absolute atomic E-state index is 12.1. The second kappa shape index (κ2) is 6.01. The number of hydrogen-bond acceptors (Lipinski definition) is 2. The molecular formula is C15H23NO2. The van der Waals surface area contributed by atoms with Gasteiger partial charge in [0.05, 0.1) is 5.60 Å². The molecule has 1 atom stereocenters. The van der Waals surface area contributed by atoms with Crippen LogP contribution in [0.4, 0.5) is 0 Å². The van der Waals surface area contributed by atoms with Crippen molar-refractivity contribution >= 4 is 5.91 Å². The Kier molecular flexibility index (Phi) is 4.91. The lowest BCUT2D eigenvalue weighted by Crippen LogP contribution is -2.40. The molecule has 0 aromatic heterocycles. The van der Waals surface area contributed by atoms with Gasteiger partial charge in [-0.25, -0.2) is 0 Å². The monoisotopic (exact) mass is 249 g/mol. The summed E-state index contributed by atoms with van der Waals surface area (Å²) in [6.07, 6.45) is 1.58. The molecule has 1 rings (SSSR count). The summed E-state index contributed by atoms with van der Waals surface area (Å²) >= 11 is 0. The van der Waals surface area contributed by atoms with E-state index in [0.29, 0.717) is 12.0 Å². The normalized spacial score (nSPS) is 14.1. The van der Waals surface area contributed by atoms with Gasteiger partial charge in [0.15, 0.2) is 0 Å². The van der Waals surface area contributed by atoms with Crippen LogP contribution in [0, 0.1) is 13.8 Å². The Morgan fingerprint density at radius 3 is 2.39 bits per heavy atom. The zero-order valence-electron chi connectivity index (χ0n) is 11.7. The molecule has 0 spiro atoms. The van der Waals surface area contributed by atoms with Crippen molar-refractivity contribution in [3.8, 4) is 0 Å². The lowest BCUT2D eigenvalue weighted by molar-refractivity contribution is 0.0469. The molecule has 1 unspecified atom stereocenters. The van der Waals surface area contributed by atoms with Gasteiger partial charge in [-0.2, -0.15) is 0 Å². The van der Waals surface area contributed by atoms with Crippen LogP contribution in [0.15, 0.2) is 18.2 Å². The summed E-state index contributed by atoms with van der Waals surface area (Å²) in [4.78, 5) is 12.1. The van der Waals surface area contributed by atoms with Crippen molar-refractivity contribution in [2.75, 3.05) is 6.54 Å². The first-order valence-electron chi connectivity index (χ1n) is 6.44. The summed E-state index contributed by atoms with van der Waals surface area (Å²) in [5.74, 6) is -0.109. The van der Waals surface area contributed by atoms with Gasteiger partial charge >= 0.3 is 0 Å². The first-order chi connectivity index (χ1) is 8.37. The molecule has 0 heterocycles. The highest BCUT2D eigenvalue weighted by molar-refractivity contribution is 5.97. The van der Waals surface area contributed by atoms with Crippen molar-refractivity contribution in [2.24, 2.45) is 0 Å². The van der Waals surface area contributed by atoms with Gasteiger partial charge in [0.25, 0.3) is 5.91 Å². The van der Waals surface area contributed by atoms with E-state index in [4.69, 9.17) is 0 Å².